The van der Waals surface area contributed by atoms with Gasteiger partial charge in [-0.05, 0) is 50.6 Å². The molecule has 1 aliphatic rings. The van der Waals surface area contributed by atoms with Crippen molar-refractivity contribution in [2.45, 2.75) is 17.7 Å². The van der Waals surface area contributed by atoms with Crippen molar-refractivity contribution in [3.8, 4) is 0 Å². The highest BCUT2D eigenvalue weighted by Crippen LogP contribution is 2.20. The van der Waals surface area contributed by atoms with Crippen LogP contribution in [0.4, 0.5) is 0 Å². The zero-order valence-electron chi connectivity index (χ0n) is 12.3. The molecule has 8 heteroatoms. The van der Waals surface area contributed by atoms with E-state index in [0.717, 1.165) is 37.3 Å². The van der Waals surface area contributed by atoms with Crippen molar-refractivity contribution in [3.63, 3.8) is 0 Å². The second kappa shape index (κ2) is 6.11. The minimum atomic E-state index is -3.54. The van der Waals surface area contributed by atoms with Gasteiger partial charge in [0.2, 0.25) is 10.0 Å². The standard InChI is InChI=1S/C14H19N3O3S2/c1-17-6-2-3-10(9-17)8-15-22(19,20)11-4-5-12-13(7-11)21-14(18)16-12/h4-5,7,10,15H,2-3,6,8-9H2,1H3,(H,16,18). The molecule has 0 amide bonds. The fourth-order valence-electron chi connectivity index (χ4n) is 2.84. The average Bonchev–Trinajstić information content (AvgIpc) is 2.84. The number of hydrogen-bond donors (Lipinski definition) is 2. The number of likely N-dealkylation sites (tertiary alicyclic amines) is 1. The summed E-state index contributed by atoms with van der Waals surface area (Å²) in [7, 11) is -1.48. The van der Waals surface area contributed by atoms with Crippen LogP contribution >= 0.6 is 11.3 Å². The van der Waals surface area contributed by atoms with Crippen molar-refractivity contribution >= 4 is 31.6 Å². The fourth-order valence-corrected chi connectivity index (χ4v) is 4.84. The zero-order valence-corrected chi connectivity index (χ0v) is 14.0. The van der Waals surface area contributed by atoms with Crippen LogP contribution in [0, 0.1) is 5.92 Å². The summed E-state index contributed by atoms with van der Waals surface area (Å²) in [5, 5.41) is 0. The van der Waals surface area contributed by atoms with Gasteiger partial charge in [0.1, 0.15) is 0 Å². The Bertz CT molecular complexity index is 825. The molecule has 1 aromatic carbocycles. The maximum atomic E-state index is 12.4. The van der Waals surface area contributed by atoms with Gasteiger partial charge in [0.05, 0.1) is 15.1 Å². The van der Waals surface area contributed by atoms with Gasteiger partial charge in [0.25, 0.3) is 0 Å². The fraction of sp³-hybridized carbons (Fsp3) is 0.500. The van der Waals surface area contributed by atoms with Crippen molar-refractivity contribution < 1.29 is 8.42 Å². The first-order valence-corrected chi connectivity index (χ1v) is 9.55. The smallest absolute Gasteiger partial charge is 0.305 e. The number of nitrogens with zero attached hydrogens (tertiary/aromatic N) is 1. The Morgan fingerprint density at radius 1 is 1.45 bits per heavy atom. The number of H-pyrrole nitrogens is 1. The molecule has 1 aromatic heterocycles. The third kappa shape index (κ3) is 3.40. The number of sulfonamides is 1. The molecular formula is C14H19N3O3S2. The summed E-state index contributed by atoms with van der Waals surface area (Å²) in [5.74, 6) is 0.348. The van der Waals surface area contributed by atoms with E-state index in [1.54, 1.807) is 12.1 Å². The molecule has 2 aromatic rings. The van der Waals surface area contributed by atoms with Gasteiger partial charge < -0.3 is 9.88 Å². The van der Waals surface area contributed by atoms with E-state index in [0.29, 0.717) is 22.7 Å². The van der Waals surface area contributed by atoms with Crippen LogP contribution in [-0.2, 0) is 10.0 Å². The average molecular weight is 341 g/mol. The molecule has 1 saturated heterocycles. The van der Waals surface area contributed by atoms with Crippen LogP contribution in [0.5, 0.6) is 0 Å². The second-order valence-corrected chi connectivity index (χ2v) is 8.58. The molecule has 1 fully saturated rings. The first-order valence-electron chi connectivity index (χ1n) is 7.25. The van der Waals surface area contributed by atoms with Crippen molar-refractivity contribution in [2.24, 2.45) is 5.92 Å². The summed E-state index contributed by atoms with van der Waals surface area (Å²) in [6, 6.07) is 4.71. The van der Waals surface area contributed by atoms with Crippen LogP contribution in [0.1, 0.15) is 12.8 Å². The summed E-state index contributed by atoms with van der Waals surface area (Å²) in [6.07, 6.45) is 2.15. The lowest BCUT2D eigenvalue weighted by Crippen LogP contribution is -2.39. The molecule has 120 valence electrons. The molecule has 1 atom stereocenters. The molecule has 0 radical (unpaired) electrons. The van der Waals surface area contributed by atoms with Gasteiger partial charge in [-0.2, -0.15) is 0 Å². The number of aromatic amines is 1. The molecule has 6 nitrogen and oxygen atoms in total. The third-order valence-electron chi connectivity index (χ3n) is 3.99. The first-order chi connectivity index (χ1) is 10.4. The van der Waals surface area contributed by atoms with Crippen LogP contribution in [0.15, 0.2) is 27.9 Å². The highest BCUT2D eigenvalue weighted by Gasteiger charge is 2.21. The van der Waals surface area contributed by atoms with E-state index in [-0.39, 0.29) is 9.77 Å². The Kier molecular flexibility index (Phi) is 4.35. The molecule has 2 heterocycles. The van der Waals surface area contributed by atoms with E-state index in [4.69, 9.17) is 0 Å². The third-order valence-corrected chi connectivity index (χ3v) is 6.25. The Morgan fingerprint density at radius 3 is 3.05 bits per heavy atom. The lowest BCUT2D eigenvalue weighted by molar-refractivity contribution is 0.211. The van der Waals surface area contributed by atoms with Gasteiger partial charge in [-0.25, -0.2) is 13.1 Å². The van der Waals surface area contributed by atoms with Crippen LogP contribution in [0.25, 0.3) is 10.2 Å². The Labute approximate surface area is 133 Å². The quantitative estimate of drug-likeness (QED) is 0.876. The predicted molar refractivity (Wildman–Crippen MR) is 87.9 cm³/mol. The maximum Gasteiger partial charge on any atom is 0.305 e. The number of aromatic nitrogens is 1. The molecule has 2 N–H and O–H groups in total. The molecular weight excluding hydrogens is 322 g/mol. The van der Waals surface area contributed by atoms with Gasteiger partial charge in [0, 0.05) is 13.1 Å². The van der Waals surface area contributed by atoms with Crippen LogP contribution in [0.3, 0.4) is 0 Å². The van der Waals surface area contributed by atoms with Crippen molar-refractivity contribution in [1.82, 2.24) is 14.6 Å². The molecule has 22 heavy (non-hydrogen) atoms. The summed E-state index contributed by atoms with van der Waals surface area (Å²) in [6.45, 7) is 2.45. The SMILES string of the molecule is CN1CCCC(CNS(=O)(=O)c2ccc3[nH]c(=O)sc3c2)C1. The highest BCUT2D eigenvalue weighted by molar-refractivity contribution is 7.89. The number of nitrogens with one attached hydrogen (secondary N) is 2. The molecule has 0 bridgehead atoms. The first kappa shape index (κ1) is 15.7. The molecule has 0 saturated carbocycles. The number of rotatable bonds is 4. The van der Waals surface area contributed by atoms with Gasteiger partial charge in [-0.15, -0.1) is 0 Å². The second-order valence-electron chi connectivity index (χ2n) is 5.79. The Hall–Kier alpha value is -1.22. The van der Waals surface area contributed by atoms with E-state index >= 15 is 0 Å². The number of benzene rings is 1. The van der Waals surface area contributed by atoms with Gasteiger partial charge >= 0.3 is 4.87 Å². The van der Waals surface area contributed by atoms with Crippen molar-refractivity contribution in [1.29, 1.82) is 0 Å². The van der Waals surface area contributed by atoms with E-state index in [9.17, 15) is 13.2 Å². The topological polar surface area (TPSA) is 82.3 Å². The monoisotopic (exact) mass is 341 g/mol. The number of fused-ring (bicyclic) bond motifs is 1. The van der Waals surface area contributed by atoms with Gasteiger partial charge in [-0.1, -0.05) is 11.3 Å². The molecule has 0 spiro atoms. The number of piperidine rings is 1. The van der Waals surface area contributed by atoms with E-state index in [1.807, 2.05) is 0 Å². The Morgan fingerprint density at radius 2 is 2.27 bits per heavy atom. The minimum Gasteiger partial charge on any atom is -0.312 e. The molecule has 0 aliphatic carbocycles. The van der Waals surface area contributed by atoms with Crippen LogP contribution in [0.2, 0.25) is 0 Å². The van der Waals surface area contributed by atoms with Crippen LogP contribution in [-0.4, -0.2) is 45.0 Å². The Balaban J connectivity index is 1.74. The van der Waals surface area contributed by atoms with Gasteiger partial charge in [0.15, 0.2) is 0 Å². The van der Waals surface area contributed by atoms with Crippen LogP contribution < -0.4 is 9.60 Å². The maximum absolute atomic E-state index is 12.4. The molecule has 1 aliphatic heterocycles. The summed E-state index contributed by atoms with van der Waals surface area (Å²) in [5.41, 5.74) is 0.669. The highest BCUT2D eigenvalue weighted by atomic mass is 32.2. The van der Waals surface area contributed by atoms with E-state index in [1.165, 1.54) is 6.07 Å². The zero-order chi connectivity index (χ0) is 15.7. The lowest BCUT2D eigenvalue weighted by Gasteiger charge is -2.29. The normalized spacial score (nSPS) is 20.5. The number of thiazole rings is 1. The van der Waals surface area contributed by atoms with E-state index < -0.39 is 10.0 Å². The molecule has 3 rings (SSSR count). The molecule has 1 unspecified atom stereocenters. The predicted octanol–water partition coefficient (Wildman–Crippen LogP) is 1.21. The summed E-state index contributed by atoms with van der Waals surface area (Å²) in [4.78, 5) is 16.2. The summed E-state index contributed by atoms with van der Waals surface area (Å²) < 4.78 is 28.2. The lowest BCUT2D eigenvalue weighted by atomic mass is 9.99. The van der Waals surface area contributed by atoms with Crippen molar-refractivity contribution in [3.05, 3.63) is 27.9 Å². The summed E-state index contributed by atoms with van der Waals surface area (Å²) >= 11 is 1.02. The largest absolute Gasteiger partial charge is 0.312 e. The van der Waals surface area contributed by atoms with Crippen molar-refractivity contribution in [2.75, 3.05) is 26.7 Å². The van der Waals surface area contributed by atoms with Gasteiger partial charge in [-0.3, -0.25) is 4.79 Å². The number of hydrogen-bond acceptors (Lipinski definition) is 5. The van der Waals surface area contributed by atoms with E-state index in [2.05, 4.69) is 21.7 Å². The minimum absolute atomic E-state index is 0.178.